The molecule has 142 valence electrons. The maximum atomic E-state index is 12.6. The number of sulfonamides is 1. The summed E-state index contributed by atoms with van der Waals surface area (Å²) in [6.45, 7) is 3.02. The standard InChI is InChI=1S/C18H25N3O4S/c1-2-26(24,25)20-10-4-6-14(13-20)18(23)19-15-7-3-8-16(12-15)21-11-5-9-17(21)22/h3,7-8,12,14H,2,4-6,9-11,13H2,1H3,(H,19,23)/t14-/m1/s1. The summed E-state index contributed by atoms with van der Waals surface area (Å²) in [7, 11) is -3.28. The number of hydrogen-bond acceptors (Lipinski definition) is 4. The van der Waals surface area contributed by atoms with Crippen LogP contribution in [0, 0.1) is 5.92 Å². The Morgan fingerprint density at radius 3 is 2.77 bits per heavy atom. The quantitative estimate of drug-likeness (QED) is 0.845. The Hall–Kier alpha value is -1.93. The molecule has 2 amide bonds. The maximum Gasteiger partial charge on any atom is 0.228 e. The van der Waals surface area contributed by atoms with Crippen molar-refractivity contribution < 1.29 is 18.0 Å². The summed E-state index contributed by atoms with van der Waals surface area (Å²) in [5.74, 6) is -0.387. The second kappa shape index (κ2) is 7.75. The fourth-order valence-corrected chi connectivity index (χ4v) is 4.69. The SMILES string of the molecule is CCS(=O)(=O)N1CCC[C@@H](C(=O)Nc2cccc(N3CCCC3=O)c2)C1. The van der Waals surface area contributed by atoms with Crippen molar-refractivity contribution in [3.63, 3.8) is 0 Å². The van der Waals surface area contributed by atoms with Gasteiger partial charge in [-0.1, -0.05) is 6.07 Å². The number of anilines is 2. The molecule has 0 saturated carbocycles. The molecule has 1 aromatic rings. The molecule has 0 aliphatic carbocycles. The average molecular weight is 379 g/mol. The van der Waals surface area contributed by atoms with E-state index in [1.807, 2.05) is 12.1 Å². The Morgan fingerprint density at radius 2 is 2.08 bits per heavy atom. The lowest BCUT2D eigenvalue weighted by atomic mass is 9.98. The van der Waals surface area contributed by atoms with Crippen LogP contribution < -0.4 is 10.2 Å². The zero-order valence-corrected chi connectivity index (χ0v) is 15.8. The van der Waals surface area contributed by atoms with Gasteiger partial charge in [0.1, 0.15) is 0 Å². The minimum absolute atomic E-state index is 0.0489. The number of hydrogen-bond donors (Lipinski definition) is 1. The molecule has 1 atom stereocenters. The molecule has 1 aromatic carbocycles. The largest absolute Gasteiger partial charge is 0.326 e. The first kappa shape index (κ1) is 18.8. The summed E-state index contributed by atoms with van der Waals surface area (Å²) in [6, 6.07) is 7.25. The van der Waals surface area contributed by atoms with Crippen molar-refractivity contribution in [2.45, 2.75) is 32.6 Å². The molecular weight excluding hydrogens is 354 g/mol. The molecule has 0 bridgehead atoms. The number of rotatable bonds is 5. The molecule has 0 spiro atoms. The molecule has 2 saturated heterocycles. The molecule has 26 heavy (non-hydrogen) atoms. The van der Waals surface area contributed by atoms with Gasteiger partial charge in [0.2, 0.25) is 21.8 Å². The monoisotopic (exact) mass is 379 g/mol. The van der Waals surface area contributed by atoms with E-state index in [1.165, 1.54) is 4.31 Å². The molecule has 3 rings (SSSR count). The third kappa shape index (κ3) is 4.07. The predicted octanol–water partition coefficient (Wildman–Crippen LogP) is 1.81. The van der Waals surface area contributed by atoms with E-state index in [9.17, 15) is 18.0 Å². The second-order valence-corrected chi connectivity index (χ2v) is 9.04. The van der Waals surface area contributed by atoms with E-state index in [4.69, 9.17) is 0 Å². The van der Waals surface area contributed by atoms with E-state index >= 15 is 0 Å². The van der Waals surface area contributed by atoms with Gasteiger partial charge in [0.05, 0.1) is 11.7 Å². The molecule has 1 N–H and O–H groups in total. The number of amides is 2. The smallest absolute Gasteiger partial charge is 0.228 e. The Balaban J connectivity index is 1.67. The van der Waals surface area contributed by atoms with Gasteiger partial charge in [-0.3, -0.25) is 9.59 Å². The second-order valence-electron chi connectivity index (χ2n) is 6.79. The lowest BCUT2D eigenvalue weighted by Gasteiger charge is -2.31. The van der Waals surface area contributed by atoms with Gasteiger partial charge in [-0.15, -0.1) is 0 Å². The van der Waals surface area contributed by atoms with E-state index in [-0.39, 0.29) is 30.0 Å². The number of benzene rings is 1. The van der Waals surface area contributed by atoms with Crippen LogP contribution in [-0.2, 0) is 19.6 Å². The van der Waals surface area contributed by atoms with E-state index in [2.05, 4.69) is 5.32 Å². The van der Waals surface area contributed by atoms with Crippen molar-refractivity contribution in [1.29, 1.82) is 0 Å². The lowest BCUT2D eigenvalue weighted by Crippen LogP contribution is -2.44. The van der Waals surface area contributed by atoms with E-state index in [1.54, 1.807) is 24.0 Å². The summed E-state index contributed by atoms with van der Waals surface area (Å²) < 4.78 is 25.5. The predicted molar refractivity (Wildman–Crippen MR) is 100 cm³/mol. The number of piperidine rings is 1. The van der Waals surface area contributed by atoms with Crippen LogP contribution in [-0.4, -0.2) is 49.9 Å². The minimum atomic E-state index is -3.28. The number of carbonyl (C=O) groups excluding carboxylic acids is 2. The summed E-state index contributed by atoms with van der Waals surface area (Å²) in [5.41, 5.74) is 1.41. The molecule has 0 aromatic heterocycles. The molecule has 2 aliphatic rings. The molecule has 2 aliphatic heterocycles. The number of nitrogens with zero attached hydrogens (tertiary/aromatic N) is 2. The third-order valence-corrected chi connectivity index (χ3v) is 6.86. The van der Waals surface area contributed by atoms with Gasteiger partial charge in [-0.2, -0.15) is 0 Å². The van der Waals surface area contributed by atoms with Crippen molar-refractivity contribution in [2.75, 3.05) is 35.6 Å². The van der Waals surface area contributed by atoms with Gasteiger partial charge in [0.15, 0.2) is 0 Å². The number of nitrogens with one attached hydrogen (secondary N) is 1. The highest BCUT2D eigenvalue weighted by Crippen LogP contribution is 2.26. The first-order chi connectivity index (χ1) is 12.4. The van der Waals surface area contributed by atoms with Gasteiger partial charge >= 0.3 is 0 Å². The van der Waals surface area contributed by atoms with Gasteiger partial charge in [-0.25, -0.2) is 12.7 Å². The molecule has 8 heteroatoms. The van der Waals surface area contributed by atoms with E-state index < -0.39 is 10.0 Å². The van der Waals surface area contributed by atoms with Crippen molar-refractivity contribution in [2.24, 2.45) is 5.92 Å². The normalized spacial score (nSPS) is 21.8. The fourth-order valence-electron chi connectivity index (χ4n) is 3.51. The van der Waals surface area contributed by atoms with Crippen LogP contribution in [0.4, 0.5) is 11.4 Å². The Labute approximate surface area is 154 Å². The highest BCUT2D eigenvalue weighted by atomic mass is 32.2. The highest BCUT2D eigenvalue weighted by molar-refractivity contribution is 7.89. The molecular formula is C18H25N3O4S. The zero-order valence-electron chi connectivity index (χ0n) is 15.0. The van der Waals surface area contributed by atoms with Crippen molar-refractivity contribution >= 4 is 33.2 Å². The molecule has 2 fully saturated rings. The van der Waals surface area contributed by atoms with Crippen LogP contribution >= 0.6 is 0 Å². The Bertz CT molecular complexity index is 793. The lowest BCUT2D eigenvalue weighted by molar-refractivity contribution is -0.121. The van der Waals surface area contributed by atoms with Crippen LogP contribution in [0.1, 0.15) is 32.6 Å². The maximum absolute atomic E-state index is 12.6. The highest BCUT2D eigenvalue weighted by Gasteiger charge is 2.31. The molecule has 7 nitrogen and oxygen atoms in total. The van der Waals surface area contributed by atoms with Crippen LogP contribution in [0.2, 0.25) is 0 Å². The van der Waals surface area contributed by atoms with Crippen LogP contribution in [0.5, 0.6) is 0 Å². The molecule has 0 unspecified atom stereocenters. The van der Waals surface area contributed by atoms with Crippen LogP contribution in [0.15, 0.2) is 24.3 Å². The van der Waals surface area contributed by atoms with Crippen molar-refractivity contribution in [3.8, 4) is 0 Å². The van der Waals surface area contributed by atoms with Gasteiger partial charge in [-0.05, 0) is 44.4 Å². The van der Waals surface area contributed by atoms with E-state index in [0.29, 0.717) is 38.0 Å². The molecule has 2 heterocycles. The van der Waals surface area contributed by atoms with Gasteiger partial charge < -0.3 is 10.2 Å². The van der Waals surface area contributed by atoms with Crippen molar-refractivity contribution in [1.82, 2.24) is 4.31 Å². The topological polar surface area (TPSA) is 86.8 Å². The number of carbonyl (C=O) groups is 2. The van der Waals surface area contributed by atoms with Gasteiger partial charge in [0.25, 0.3) is 0 Å². The minimum Gasteiger partial charge on any atom is -0.326 e. The summed E-state index contributed by atoms with van der Waals surface area (Å²) >= 11 is 0. The fraction of sp³-hybridized carbons (Fsp3) is 0.556. The summed E-state index contributed by atoms with van der Waals surface area (Å²) in [5, 5.41) is 2.88. The van der Waals surface area contributed by atoms with E-state index in [0.717, 1.165) is 12.1 Å². The van der Waals surface area contributed by atoms with Gasteiger partial charge in [0, 0.05) is 37.4 Å². The molecule has 0 radical (unpaired) electrons. The Morgan fingerprint density at radius 1 is 1.27 bits per heavy atom. The van der Waals surface area contributed by atoms with Crippen LogP contribution in [0.3, 0.4) is 0 Å². The van der Waals surface area contributed by atoms with Crippen LogP contribution in [0.25, 0.3) is 0 Å². The first-order valence-electron chi connectivity index (χ1n) is 9.10. The zero-order chi connectivity index (χ0) is 18.7. The summed E-state index contributed by atoms with van der Waals surface area (Å²) in [6.07, 6.45) is 2.76. The van der Waals surface area contributed by atoms with Crippen molar-refractivity contribution in [3.05, 3.63) is 24.3 Å². The third-order valence-electron chi connectivity index (χ3n) is 5.01. The first-order valence-corrected chi connectivity index (χ1v) is 10.7. The summed E-state index contributed by atoms with van der Waals surface area (Å²) in [4.78, 5) is 26.2. The Kier molecular flexibility index (Phi) is 5.62. The average Bonchev–Trinajstić information content (AvgIpc) is 3.08.